The number of carboxylic acids is 1. The van der Waals surface area contributed by atoms with Crippen molar-refractivity contribution < 1.29 is 28.9 Å². The third-order valence-electron chi connectivity index (χ3n) is 4.94. The van der Waals surface area contributed by atoms with Crippen LogP contribution in [0.3, 0.4) is 0 Å². The van der Waals surface area contributed by atoms with Gasteiger partial charge in [-0.05, 0) is 42.7 Å². The molecule has 0 aliphatic rings. The summed E-state index contributed by atoms with van der Waals surface area (Å²) in [5.41, 5.74) is 1.10. The van der Waals surface area contributed by atoms with Crippen LogP contribution in [0, 0.1) is 18.2 Å². The molecule has 0 amide bonds. The third kappa shape index (κ3) is 5.71. The highest BCUT2D eigenvalue weighted by molar-refractivity contribution is 5.99. The van der Waals surface area contributed by atoms with Crippen molar-refractivity contribution in [3.8, 4) is 22.8 Å². The van der Waals surface area contributed by atoms with E-state index >= 15 is 0 Å². The Balaban J connectivity index is 1.73. The fourth-order valence-electron chi connectivity index (χ4n) is 3.21. The number of ether oxygens (including phenoxy) is 1. The standard InChI is InChI=1S/C25H25FN2O5/c1-14-22(8-6-17(23(14)30)21(29)10-25(2,3)4)33-13-16-11-28-20(12-27-16)18-9-15(24(31)32)5-7-19(18)26/h5-9,11-12,30H,10,13H2,1-4H3,(H,31,32). The first-order chi connectivity index (χ1) is 15.5. The van der Waals surface area contributed by atoms with Crippen molar-refractivity contribution in [2.24, 2.45) is 5.41 Å². The number of phenols is 1. The van der Waals surface area contributed by atoms with Gasteiger partial charge in [0.15, 0.2) is 5.78 Å². The molecule has 33 heavy (non-hydrogen) atoms. The Morgan fingerprint density at radius 3 is 2.42 bits per heavy atom. The summed E-state index contributed by atoms with van der Waals surface area (Å²) in [7, 11) is 0. The van der Waals surface area contributed by atoms with Crippen LogP contribution >= 0.6 is 0 Å². The summed E-state index contributed by atoms with van der Waals surface area (Å²) in [5.74, 6) is -1.64. The van der Waals surface area contributed by atoms with Gasteiger partial charge < -0.3 is 14.9 Å². The summed E-state index contributed by atoms with van der Waals surface area (Å²) in [6.07, 6.45) is 3.04. The molecule has 172 valence electrons. The first-order valence-corrected chi connectivity index (χ1v) is 10.3. The van der Waals surface area contributed by atoms with Crippen molar-refractivity contribution in [2.75, 3.05) is 0 Å². The Labute approximate surface area is 190 Å². The highest BCUT2D eigenvalue weighted by Gasteiger charge is 2.22. The van der Waals surface area contributed by atoms with E-state index in [9.17, 15) is 19.1 Å². The number of ketones is 1. The largest absolute Gasteiger partial charge is 0.507 e. The van der Waals surface area contributed by atoms with Crippen LogP contribution in [0.5, 0.6) is 11.5 Å². The fraction of sp³-hybridized carbons (Fsp3) is 0.280. The monoisotopic (exact) mass is 452 g/mol. The first kappa shape index (κ1) is 23.8. The van der Waals surface area contributed by atoms with Gasteiger partial charge in [-0.1, -0.05) is 20.8 Å². The minimum Gasteiger partial charge on any atom is -0.507 e. The van der Waals surface area contributed by atoms with Crippen LogP contribution in [0.25, 0.3) is 11.3 Å². The second-order valence-electron chi connectivity index (χ2n) is 8.93. The Bertz CT molecular complexity index is 1200. The van der Waals surface area contributed by atoms with E-state index in [0.717, 1.165) is 6.07 Å². The number of carbonyl (C=O) groups excluding carboxylic acids is 1. The van der Waals surface area contributed by atoms with Crippen LogP contribution in [-0.2, 0) is 6.61 Å². The van der Waals surface area contributed by atoms with Crippen molar-refractivity contribution in [3.05, 3.63) is 70.9 Å². The molecule has 0 radical (unpaired) electrons. The molecule has 1 heterocycles. The molecular weight excluding hydrogens is 427 g/mol. The summed E-state index contributed by atoms with van der Waals surface area (Å²) in [4.78, 5) is 32.0. The average Bonchev–Trinajstić information content (AvgIpc) is 2.74. The summed E-state index contributed by atoms with van der Waals surface area (Å²) >= 11 is 0. The molecule has 7 nitrogen and oxygen atoms in total. The lowest BCUT2D eigenvalue weighted by Gasteiger charge is -2.18. The van der Waals surface area contributed by atoms with Gasteiger partial charge in [-0.15, -0.1) is 0 Å². The van der Waals surface area contributed by atoms with Gasteiger partial charge in [0, 0.05) is 17.5 Å². The lowest BCUT2D eigenvalue weighted by Crippen LogP contribution is -2.13. The number of nitrogens with zero attached hydrogens (tertiary/aromatic N) is 2. The van der Waals surface area contributed by atoms with Crippen LogP contribution in [0.1, 0.15) is 59.2 Å². The van der Waals surface area contributed by atoms with Gasteiger partial charge in [0.2, 0.25) is 0 Å². The Kier molecular flexibility index (Phi) is 6.76. The minimum absolute atomic E-state index is 0.0283. The van der Waals surface area contributed by atoms with Crippen LogP contribution in [0.4, 0.5) is 4.39 Å². The van der Waals surface area contributed by atoms with Gasteiger partial charge in [-0.2, -0.15) is 0 Å². The number of Topliss-reactive ketones (excluding diaryl/α,β-unsaturated/α-hetero) is 1. The number of rotatable bonds is 7. The molecule has 3 aromatic rings. The van der Waals surface area contributed by atoms with Crippen molar-refractivity contribution in [1.82, 2.24) is 9.97 Å². The van der Waals surface area contributed by atoms with Crippen LogP contribution in [-0.4, -0.2) is 31.9 Å². The van der Waals surface area contributed by atoms with E-state index in [2.05, 4.69) is 9.97 Å². The molecule has 3 rings (SSSR count). The van der Waals surface area contributed by atoms with Gasteiger partial charge in [0.1, 0.15) is 23.9 Å². The zero-order chi connectivity index (χ0) is 24.3. The number of phenolic OH excluding ortho intramolecular Hbond substituents is 1. The summed E-state index contributed by atoms with van der Waals surface area (Å²) < 4.78 is 19.9. The van der Waals surface area contributed by atoms with E-state index in [1.165, 1.54) is 24.5 Å². The second kappa shape index (κ2) is 9.36. The molecule has 0 saturated heterocycles. The molecule has 2 aromatic carbocycles. The number of carbonyl (C=O) groups is 2. The van der Waals surface area contributed by atoms with Gasteiger partial charge in [-0.25, -0.2) is 9.18 Å². The Morgan fingerprint density at radius 2 is 1.82 bits per heavy atom. The maximum atomic E-state index is 14.1. The molecule has 8 heteroatoms. The van der Waals surface area contributed by atoms with E-state index in [1.54, 1.807) is 19.1 Å². The normalized spacial score (nSPS) is 11.3. The Hall–Kier alpha value is -3.81. The van der Waals surface area contributed by atoms with Gasteiger partial charge in [-0.3, -0.25) is 14.8 Å². The summed E-state index contributed by atoms with van der Waals surface area (Å²) in [5, 5.41) is 19.6. The number of benzene rings is 2. The number of halogens is 1. The number of aromatic nitrogens is 2. The second-order valence-corrected chi connectivity index (χ2v) is 8.93. The molecule has 0 bridgehead atoms. The molecular formula is C25H25FN2O5. The van der Waals surface area contributed by atoms with Crippen LogP contribution < -0.4 is 4.74 Å². The highest BCUT2D eigenvalue weighted by Crippen LogP contribution is 2.33. The third-order valence-corrected chi connectivity index (χ3v) is 4.94. The smallest absolute Gasteiger partial charge is 0.335 e. The van der Waals surface area contributed by atoms with Gasteiger partial charge >= 0.3 is 5.97 Å². The molecule has 0 fully saturated rings. The zero-order valence-corrected chi connectivity index (χ0v) is 18.8. The SMILES string of the molecule is Cc1c(OCc2cnc(-c3cc(C(=O)O)ccc3F)cn2)ccc(C(=O)CC(C)(C)C)c1O. The van der Waals surface area contributed by atoms with Crippen molar-refractivity contribution in [3.63, 3.8) is 0 Å². The number of carboxylic acid groups (broad SMARTS) is 1. The number of hydrogen-bond donors (Lipinski definition) is 2. The first-order valence-electron chi connectivity index (χ1n) is 10.3. The predicted octanol–water partition coefficient (Wildman–Crippen LogP) is 5.19. The van der Waals surface area contributed by atoms with Crippen LogP contribution in [0.2, 0.25) is 0 Å². The van der Waals surface area contributed by atoms with Crippen molar-refractivity contribution >= 4 is 11.8 Å². The van der Waals surface area contributed by atoms with Crippen LogP contribution in [0.15, 0.2) is 42.7 Å². The predicted molar refractivity (Wildman–Crippen MR) is 120 cm³/mol. The molecule has 0 aliphatic heterocycles. The maximum absolute atomic E-state index is 14.1. The topological polar surface area (TPSA) is 110 Å². The van der Waals surface area contributed by atoms with E-state index in [-0.39, 0.29) is 45.9 Å². The van der Waals surface area contributed by atoms with E-state index in [1.807, 2.05) is 20.8 Å². The lowest BCUT2D eigenvalue weighted by atomic mass is 9.87. The lowest BCUT2D eigenvalue weighted by molar-refractivity contribution is 0.0696. The van der Waals surface area contributed by atoms with Crippen molar-refractivity contribution in [1.29, 1.82) is 0 Å². The molecule has 1 aromatic heterocycles. The molecule has 0 saturated carbocycles. The van der Waals surface area contributed by atoms with Crippen molar-refractivity contribution in [2.45, 2.75) is 40.7 Å². The zero-order valence-electron chi connectivity index (χ0n) is 18.8. The molecule has 0 atom stereocenters. The average molecular weight is 452 g/mol. The molecule has 0 spiro atoms. The number of hydrogen-bond acceptors (Lipinski definition) is 6. The molecule has 2 N–H and O–H groups in total. The van der Waals surface area contributed by atoms with E-state index in [0.29, 0.717) is 23.4 Å². The van der Waals surface area contributed by atoms with E-state index < -0.39 is 11.8 Å². The number of aromatic carboxylic acids is 1. The van der Waals surface area contributed by atoms with E-state index in [4.69, 9.17) is 9.84 Å². The molecule has 0 aliphatic carbocycles. The minimum atomic E-state index is -1.17. The maximum Gasteiger partial charge on any atom is 0.335 e. The Morgan fingerprint density at radius 1 is 1.09 bits per heavy atom. The quantitative estimate of drug-likeness (QED) is 0.475. The summed E-state index contributed by atoms with van der Waals surface area (Å²) in [6, 6.07) is 6.61. The highest BCUT2D eigenvalue weighted by atomic mass is 19.1. The number of aromatic hydroxyl groups is 1. The fourth-order valence-corrected chi connectivity index (χ4v) is 3.21. The molecule has 0 unspecified atom stereocenters. The van der Waals surface area contributed by atoms with Gasteiger partial charge in [0.05, 0.1) is 34.9 Å². The van der Waals surface area contributed by atoms with Gasteiger partial charge in [0.25, 0.3) is 0 Å². The summed E-state index contributed by atoms with van der Waals surface area (Å²) in [6.45, 7) is 7.55.